The van der Waals surface area contributed by atoms with E-state index in [2.05, 4.69) is 5.16 Å². The number of hydrogen-bond acceptors (Lipinski definition) is 14. The van der Waals surface area contributed by atoms with E-state index in [1.54, 1.807) is 6.92 Å². The Kier molecular flexibility index (Phi) is 8.80. The summed E-state index contributed by atoms with van der Waals surface area (Å²) in [6.07, 6.45) is -1.84. The number of aromatic hydroxyl groups is 2. The maximum Gasteiger partial charge on any atom is 0.202 e. The van der Waals surface area contributed by atoms with E-state index in [0.717, 1.165) is 19.3 Å². The Morgan fingerprint density at radius 1 is 1.09 bits per heavy atom. The van der Waals surface area contributed by atoms with E-state index in [4.69, 9.17) is 29.4 Å². The predicted molar refractivity (Wildman–Crippen MR) is 158 cm³/mol. The minimum Gasteiger partial charge on any atom is -0.507 e. The number of rotatable bonds is 7. The minimum absolute atomic E-state index is 0.0349. The highest BCUT2D eigenvalue weighted by Gasteiger charge is 2.50. The molecule has 0 spiro atoms. The molecule has 248 valence electrons. The molecule has 2 aliphatic heterocycles. The Morgan fingerprint density at radius 3 is 2.50 bits per heavy atom. The van der Waals surface area contributed by atoms with E-state index in [-0.39, 0.29) is 40.8 Å². The smallest absolute Gasteiger partial charge is 0.202 e. The van der Waals surface area contributed by atoms with Gasteiger partial charge in [0.2, 0.25) is 5.78 Å². The molecule has 0 bridgehead atoms. The van der Waals surface area contributed by atoms with Gasteiger partial charge in [0.15, 0.2) is 18.4 Å². The molecule has 0 aromatic heterocycles. The van der Waals surface area contributed by atoms with Crippen LogP contribution in [0.2, 0.25) is 0 Å². The van der Waals surface area contributed by atoms with Crippen molar-refractivity contribution in [2.24, 2.45) is 10.9 Å². The monoisotopic (exact) mass is 642 g/mol. The molecule has 2 aromatic carbocycles. The van der Waals surface area contributed by atoms with Gasteiger partial charge in [0.1, 0.15) is 34.7 Å². The Labute approximate surface area is 264 Å². The number of aliphatic hydroxyl groups is 2. The number of nitrogens with zero attached hydrogens (tertiary/aromatic N) is 1. The number of carbonyl (C=O) groups is 2. The van der Waals surface area contributed by atoms with Crippen molar-refractivity contribution >= 4 is 17.3 Å². The van der Waals surface area contributed by atoms with Gasteiger partial charge in [0.25, 0.3) is 0 Å². The molecule has 2 heterocycles. The molecular formula is C32H38N2O12. The van der Waals surface area contributed by atoms with Crippen LogP contribution in [0.5, 0.6) is 17.2 Å². The average Bonchev–Trinajstić information content (AvgIpc) is 3.03. The van der Waals surface area contributed by atoms with Gasteiger partial charge < -0.3 is 55.1 Å². The Morgan fingerprint density at radius 2 is 1.85 bits per heavy atom. The SMILES string of the molecule is COc1cccc2c1C(=O)c1c(O)c3c(c(O)c1C2=O)C[C@@](O)(/C(CO)=N/O)C[C@@H]3O[C@H]1C[C@H](N)[C@H](O[C@@H]2CCCCO2)[C@H](C)O1. The first kappa shape index (κ1) is 32.3. The normalized spacial score (nSPS) is 31.2. The molecule has 7 N–H and O–H groups in total. The third kappa shape index (κ3) is 5.33. The van der Waals surface area contributed by atoms with Crippen molar-refractivity contribution in [3.8, 4) is 17.2 Å². The fourth-order valence-corrected chi connectivity index (χ4v) is 7.08. The summed E-state index contributed by atoms with van der Waals surface area (Å²) >= 11 is 0. The van der Waals surface area contributed by atoms with E-state index in [0.29, 0.717) is 6.61 Å². The first-order chi connectivity index (χ1) is 22.0. The second kappa shape index (κ2) is 12.5. The number of hydrogen-bond donors (Lipinski definition) is 6. The summed E-state index contributed by atoms with van der Waals surface area (Å²) < 4.78 is 29.6. The summed E-state index contributed by atoms with van der Waals surface area (Å²) in [6, 6.07) is 3.87. The van der Waals surface area contributed by atoms with Gasteiger partial charge in [-0.3, -0.25) is 9.59 Å². The topological polar surface area (TPSA) is 220 Å². The number of methoxy groups -OCH3 is 1. The number of aliphatic hydroxyl groups excluding tert-OH is 1. The summed E-state index contributed by atoms with van der Waals surface area (Å²) in [5, 5.41) is 57.6. The van der Waals surface area contributed by atoms with Gasteiger partial charge in [0, 0.05) is 48.6 Å². The van der Waals surface area contributed by atoms with Gasteiger partial charge in [-0.25, -0.2) is 0 Å². The number of benzene rings is 2. The molecule has 6 rings (SSSR count). The summed E-state index contributed by atoms with van der Waals surface area (Å²) in [4.78, 5) is 27.6. The summed E-state index contributed by atoms with van der Waals surface area (Å²) in [5.41, 5.74) is 2.81. The van der Waals surface area contributed by atoms with Gasteiger partial charge >= 0.3 is 0 Å². The number of nitrogens with two attached hydrogens (primary N) is 1. The molecule has 14 heteroatoms. The molecule has 0 saturated carbocycles. The van der Waals surface area contributed by atoms with Crippen LogP contribution in [0.3, 0.4) is 0 Å². The molecule has 7 atom stereocenters. The lowest BCUT2D eigenvalue weighted by Crippen LogP contribution is -2.55. The second-order valence-corrected chi connectivity index (χ2v) is 12.2. The van der Waals surface area contributed by atoms with E-state index >= 15 is 0 Å². The highest BCUT2D eigenvalue weighted by molar-refractivity contribution is 6.31. The lowest BCUT2D eigenvalue weighted by atomic mass is 9.71. The van der Waals surface area contributed by atoms with Crippen LogP contribution in [-0.2, 0) is 25.4 Å². The molecule has 14 nitrogen and oxygen atoms in total. The molecule has 4 aliphatic rings. The average molecular weight is 643 g/mol. The molecule has 2 aliphatic carbocycles. The lowest BCUT2D eigenvalue weighted by Gasteiger charge is -2.44. The van der Waals surface area contributed by atoms with Gasteiger partial charge in [-0.15, -0.1) is 0 Å². The molecule has 0 amide bonds. The van der Waals surface area contributed by atoms with E-state index < -0.39 is 95.5 Å². The van der Waals surface area contributed by atoms with Crippen LogP contribution < -0.4 is 10.5 Å². The van der Waals surface area contributed by atoms with Crippen molar-refractivity contribution in [1.82, 2.24) is 0 Å². The van der Waals surface area contributed by atoms with E-state index in [9.17, 15) is 35.2 Å². The maximum absolute atomic E-state index is 13.9. The molecule has 0 unspecified atom stereocenters. The Balaban J connectivity index is 1.39. The number of oxime groups is 1. The van der Waals surface area contributed by atoms with Crippen molar-refractivity contribution in [3.05, 3.63) is 51.6 Å². The molecule has 2 saturated heterocycles. The predicted octanol–water partition coefficient (Wildman–Crippen LogP) is 1.81. The molecule has 2 fully saturated rings. The van der Waals surface area contributed by atoms with Crippen molar-refractivity contribution in [3.63, 3.8) is 0 Å². The number of fused-ring (bicyclic) bond motifs is 3. The highest BCUT2D eigenvalue weighted by Crippen LogP contribution is 2.52. The van der Waals surface area contributed by atoms with Gasteiger partial charge in [-0.05, 0) is 32.3 Å². The Bertz CT molecular complexity index is 1560. The van der Waals surface area contributed by atoms with Crippen LogP contribution in [0.4, 0.5) is 0 Å². The Hall–Kier alpha value is -3.63. The quantitative estimate of drug-likeness (QED) is 0.0938. The fourth-order valence-electron chi connectivity index (χ4n) is 7.08. The van der Waals surface area contributed by atoms with Gasteiger partial charge in [-0.1, -0.05) is 17.3 Å². The molecular weight excluding hydrogens is 604 g/mol. The summed E-state index contributed by atoms with van der Waals surface area (Å²) in [6.45, 7) is 1.52. The highest BCUT2D eigenvalue weighted by atomic mass is 16.7. The number of carbonyl (C=O) groups excluding carboxylic acids is 2. The minimum atomic E-state index is -2.09. The van der Waals surface area contributed by atoms with Crippen molar-refractivity contribution in [2.45, 2.75) is 88.0 Å². The van der Waals surface area contributed by atoms with Crippen LogP contribution >= 0.6 is 0 Å². The summed E-state index contributed by atoms with van der Waals surface area (Å²) in [7, 11) is 1.34. The van der Waals surface area contributed by atoms with E-state index in [1.165, 1.54) is 25.3 Å². The standard InChI is InChI=1S/C32H38N2O12/c1-14-31(46-21-8-3-4-9-43-21)17(33)10-22(44-14)45-19-12-32(40,20(13-35)34-41)11-16-24(19)30(39)26-25(28(16)37)27(36)15-6-5-7-18(42-2)23(15)29(26)38/h5-7,14,17,19,21-22,31,35,37,39-41H,3-4,8-13,33H2,1-2H3/b34-20+/t14-,17-,19-,21+,22-,31+,32-/m0/s1. The maximum atomic E-state index is 13.9. The largest absolute Gasteiger partial charge is 0.507 e. The number of phenolic OH excluding ortho intramolecular Hbond substituents is 2. The molecule has 46 heavy (non-hydrogen) atoms. The van der Waals surface area contributed by atoms with Crippen LogP contribution in [0.25, 0.3) is 0 Å². The first-order valence-corrected chi connectivity index (χ1v) is 15.3. The third-order valence-corrected chi connectivity index (χ3v) is 9.36. The number of phenols is 2. The second-order valence-electron chi connectivity index (χ2n) is 12.2. The zero-order chi connectivity index (χ0) is 32.9. The fraction of sp³-hybridized carbons (Fsp3) is 0.531. The van der Waals surface area contributed by atoms with Crippen LogP contribution in [-0.4, -0.2) is 99.7 Å². The van der Waals surface area contributed by atoms with E-state index in [1.807, 2.05) is 0 Å². The van der Waals surface area contributed by atoms with Crippen LogP contribution in [0.1, 0.15) is 88.1 Å². The van der Waals surface area contributed by atoms with Crippen molar-refractivity contribution < 1.29 is 58.9 Å². The van der Waals surface area contributed by atoms with Crippen molar-refractivity contribution in [2.75, 3.05) is 20.3 Å². The number of ketones is 2. The van der Waals surface area contributed by atoms with Gasteiger partial charge in [0.05, 0.1) is 42.6 Å². The zero-order valence-electron chi connectivity index (χ0n) is 25.5. The zero-order valence-corrected chi connectivity index (χ0v) is 25.5. The van der Waals surface area contributed by atoms with Crippen molar-refractivity contribution in [1.29, 1.82) is 0 Å². The number of ether oxygens (including phenoxy) is 5. The third-order valence-electron chi connectivity index (χ3n) is 9.36. The molecule has 2 aromatic rings. The van der Waals surface area contributed by atoms with Crippen LogP contribution in [0, 0.1) is 0 Å². The lowest BCUT2D eigenvalue weighted by molar-refractivity contribution is -0.280. The van der Waals surface area contributed by atoms with Gasteiger partial charge in [-0.2, -0.15) is 0 Å². The van der Waals surface area contributed by atoms with Crippen LogP contribution in [0.15, 0.2) is 23.4 Å². The summed E-state index contributed by atoms with van der Waals surface area (Å²) in [5.74, 6) is -2.67. The molecule has 0 radical (unpaired) electrons. The first-order valence-electron chi connectivity index (χ1n) is 15.3.